The first kappa shape index (κ1) is 18.6. The molecule has 0 aromatic heterocycles. The fourth-order valence-electron chi connectivity index (χ4n) is 1.50. The maximum Gasteiger partial charge on any atom is 0.324 e. The smallest absolute Gasteiger partial charge is 0.324 e. The molecule has 0 spiro atoms. The molecule has 7 heteroatoms. The SMILES string of the molecule is CCOC(=O)C(CI)(CC(OC)OC)C(=O)OCC. The number of alkyl halides is 1. The van der Waals surface area contributed by atoms with E-state index in [1.165, 1.54) is 14.2 Å². The first-order chi connectivity index (χ1) is 9.02. The number of carbonyl (C=O) groups is 2. The van der Waals surface area contributed by atoms with Crippen LogP contribution >= 0.6 is 22.6 Å². The molecule has 0 fully saturated rings. The molecule has 0 radical (unpaired) electrons. The minimum absolute atomic E-state index is 0.0562. The van der Waals surface area contributed by atoms with Gasteiger partial charge >= 0.3 is 11.9 Å². The van der Waals surface area contributed by atoms with Gasteiger partial charge in [-0.2, -0.15) is 0 Å². The van der Waals surface area contributed by atoms with Crippen molar-refractivity contribution in [2.45, 2.75) is 26.6 Å². The van der Waals surface area contributed by atoms with Crippen LogP contribution in [0.5, 0.6) is 0 Å². The van der Waals surface area contributed by atoms with E-state index in [1.807, 2.05) is 22.6 Å². The normalized spacial score (nSPS) is 11.5. The van der Waals surface area contributed by atoms with Gasteiger partial charge in [-0.15, -0.1) is 0 Å². The number of carbonyl (C=O) groups excluding carboxylic acids is 2. The van der Waals surface area contributed by atoms with E-state index in [4.69, 9.17) is 18.9 Å². The molecule has 112 valence electrons. The van der Waals surface area contributed by atoms with E-state index in [0.29, 0.717) is 0 Å². The highest BCUT2D eigenvalue weighted by Crippen LogP contribution is 2.31. The summed E-state index contributed by atoms with van der Waals surface area (Å²) in [5, 5.41) is 0. The van der Waals surface area contributed by atoms with E-state index < -0.39 is 23.6 Å². The van der Waals surface area contributed by atoms with Crippen LogP contribution in [0, 0.1) is 5.41 Å². The molecule has 0 aromatic rings. The zero-order valence-corrected chi connectivity index (χ0v) is 13.9. The second kappa shape index (κ2) is 9.49. The van der Waals surface area contributed by atoms with Gasteiger partial charge in [-0.3, -0.25) is 9.59 Å². The lowest BCUT2D eigenvalue weighted by atomic mass is 9.86. The van der Waals surface area contributed by atoms with E-state index >= 15 is 0 Å². The Bertz CT molecular complexity index is 272. The number of rotatable bonds is 9. The third kappa shape index (κ3) is 4.88. The molecule has 6 nitrogen and oxygen atoms in total. The van der Waals surface area contributed by atoms with Crippen molar-refractivity contribution in [3.8, 4) is 0 Å². The lowest BCUT2D eigenvalue weighted by molar-refractivity contribution is -0.181. The van der Waals surface area contributed by atoms with Crippen LogP contribution in [0.2, 0.25) is 0 Å². The maximum absolute atomic E-state index is 12.1. The molecule has 0 saturated heterocycles. The van der Waals surface area contributed by atoms with Crippen LogP contribution in [0.1, 0.15) is 20.3 Å². The molecule has 0 aromatic carbocycles. The van der Waals surface area contributed by atoms with Gasteiger partial charge in [0.15, 0.2) is 11.7 Å². The Labute approximate surface area is 127 Å². The molecule has 0 unspecified atom stereocenters. The van der Waals surface area contributed by atoms with Crippen molar-refractivity contribution < 1.29 is 28.5 Å². The van der Waals surface area contributed by atoms with Gasteiger partial charge in [-0.05, 0) is 13.8 Å². The van der Waals surface area contributed by atoms with Crippen molar-refractivity contribution in [2.24, 2.45) is 5.41 Å². The number of halogens is 1. The summed E-state index contributed by atoms with van der Waals surface area (Å²) in [5.41, 5.74) is -1.40. The van der Waals surface area contributed by atoms with Gasteiger partial charge in [0.25, 0.3) is 0 Å². The zero-order chi connectivity index (χ0) is 14.9. The molecule has 0 aliphatic heterocycles. The molecule has 0 heterocycles. The lowest BCUT2D eigenvalue weighted by Crippen LogP contribution is -2.46. The Morgan fingerprint density at radius 1 is 1.05 bits per heavy atom. The van der Waals surface area contributed by atoms with Crippen molar-refractivity contribution in [1.82, 2.24) is 0 Å². The Hall–Kier alpha value is -0.410. The molecule has 0 aliphatic carbocycles. The van der Waals surface area contributed by atoms with Crippen LogP contribution in [0.4, 0.5) is 0 Å². The minimum atomic E-state index is -1.40. The van der Waals surface area contributed by atoms with Gasteiger partial charge in [0.2, 0.25) is 0 Å². The number of hydrogen-bond donors (Lipinski definition) is 0. The average Bonchev–Trinajstić information content (AvgIpc) is 2.41. The molecular weight excluding hydrogens is 367 g/mol. The first-order valence-corrected chi connectivity index (χ1v) is 7.50. The van der Waals surface area contributed by atoms with Crippen LogP contribution in [-0.4, -0.2) is 50.1 Å². The van der Waals surface area contributed by atoms with E-state index in [2.05, 4.69) is 0 Å². The number of ether oxygens (including phenoxy) is 4. The second-order valence-corrected chi connectivity index (χ2v) is 4.52. The summed E-state index contributed by atoms with van der Waals surface area (Å²) in [4.78, 5) is 24.3. The molecule has 0 N–H and O–H groups in total. The minimum Gasteiger partial charge on any atom is -0.465 e. The lowest BCUT2D eigenvalue weighted by Gasteiger charge is -2.29. The molecule has 0 atom stereocenters. The highest BCUT2D eigenvalue weighted by molar-refractivity contribution is 14.1. The largest absolute Gasteiger partial charge is 0.465 e. The van der Waals surface area contributed by atoms with Gasteiger partial charge in [0.05, 0.1) is 13.2 Å². The Morgan fingerprint density at radius 3 is 1.74 bits per heavy atom. The average molecular weight is 388 g/mol. The van der Waals surface area contributed by atoms with Crippen LogP contribution in [0.15, 0.2) is 0 Å². The summed E-state index contributed by atoms with van der Waals surface area (Å²) in [6.45, 7) is 3.76. The molecule has 19 heavy (non-hydrogen) atoms. The van der Waals surface area contributed by atoms with Crippen molar-refractivity contribution in [3.05, 3.63) is 0 Å². The number of methoxy groups -OCH3 is 2. The summed E-state index contributed by atoms with van der Waals surface area (Å²) < 4.78 is 20.4. The standard InChI is InChI=1S/C12H21IO6/c1-5-18-10(14)12(8-13,11(15)19-6-2)7-9(16-3)17-4/h9H,5-8H2,1-4H3. The number of hydrogen-bond acceptors (Lipinski definition) is 6. The molecule has 0 aliphatic rings. The molecule has 0 saturated carbocycles. The third-order valence-corrected chi connectivity index (χ3v) is 3.90. The Balaban J connectivity index is 5.27. The van der Waals surface area contributed by atoms with Crippen molar-refractivity contribution in [3.63, 3.8) is 0 Å². The summed E-state index contributed by atoms with van der Waals surface area (Å²) in [6, 6.07) is 0. The fourth-order valence-corrected chi connectivity index (χ4v) is 2.43. The maximum atomic E-state index is 12.1. The predicted octanol–water partition coefficient (Wildman–Crippen LogP) is 1.54. The van der Waals surface area contributed by atoms with Crippen LogP contribution < -0.4 is 0 Å². The summed E-state index contributed by atoms with van der Waals surface area (Å²) in [5.74, 6) is -1.22. The predicted molar refractivity (Wildman–Crippen MR) is 77.0 cm³/mol. The van der Waals surface area contributed by atoms with Crippen molar-refractivity contribution in [1.29, 1.82) is 0 Å². The highest BCUT2D eigenvalue weighted by Gasteiger charge is 2.50. The second-order valence-electron chi connectivity index (χ2n) is 3.76. The van der Waals surface area contributed by atoms with E-state index in [0.717, 1.165) is 0 Å². The van der Waals surface area contributed by atoms with Crippen LogP contribution in [0.3, 0.4) is 0 Å². The molecule has 0 bridgehead atoms. The first-order valence-electron chi connectivity index (χ1n) is 5.98. The van der Waals surface area contributed by atoms with Gasteiger partial charge in [0, 0.05) is 25.1 Å². The monoisotopic (exact) mass is 388 g/mol. The zero-order valence-electron chi connectivity index (χ0n) is 11.7. The van der Waals surface area contributed by atoms with Gasteiger partial charge < -0.3 is 18.9 Å². The summed E-state index contributed by atoms with van der Waals surface area (Å²) >= 11 is 1.97. The molecular formula is C12H21IO6. The molecule has 0 amide bonds. The van der Waals surface area contributed by atoms with Crippen molar-refractivity contribution >= 4 is 34.5 Å². The third-order valence-electron chi connectivity index (χ3n) is 2.60. The number of esters is 2. The highest BCUT2D eigenvalue weighted by atomic mass is 127. The Morgan fingerprint density at radius 2 is 1.47 bits per heavy atom. The fraction of sp³-hybridized carbons (Fsp3) is 0.833. The summed E-state index contributed by atoms with van der Waals surface area (Å²) in [6.07, 6.45) is -0.621. The van der Waals surface area contributed by atoms with Crippen LogP contribution in [-0.2, 0) is 28.5 Å². The van der Waals surface area contributed by atoms with Crippen LogP contribution in [0.25, 0.3) is 0 Å². The van der Waals surface area contributed by atoms with Crippen molar-refractivity contribution in [2.75, 3.05) is 31.9 Å². The van der Waals surface area contributed by atoms with E-state index in [9.17, 15) is 9.59 Å². The quantitative estimate of drug-likeness (QED) is 0.196. The molecule has 0 rings (SSSR count). The topological polar surface area (TPSA) is 71.1 Å². The van der Waals surface area contributed by atoms with E-state index in [1.54, 1.807) is 13.8 Å². The van der Waals surface area contributed by atoms with Gasteiger partial charge in [-0.1, -0.05) is 22.6 Å². The van der Waals surface area contributed by atoms with Gasteiger partial charge in [-0.25, -0.2) is 0 Å². The van der Waals surface area contributed by atoms with E-state index in [-0.39, 0.29) is 24.1 Å². The van der Waals surface area contributed by atoms with Gasteiger partial charge in [0.1, 0.15) is 0 Å². The Kier molecular flexibility index (Phi) is 9.28. The summed E-state index contributed by atoms with van der Waals surface area (Å²) in [7, 11) is 2.89.